The van der Waals surface area contributed by atoms with Gasteiger partial charge >= 0.3 is 5.91 Å². The fraction of sp³-hybridized carbons (Fsp3) is 0.294. The molecule has 1 saturated heterocycles. The highest BCUT2D eigenvalue weighted by Crippen LogP contribution is 2.24. The van der Waals surface area contributed by atoms with Gasteiger partial charge in [0, 0.05) is 25.7 Å². The quantitative estimate of drug-likeness (QED) is 0.771. The Balaban J connectivity index is 1.90. The summed E-state index contributed by atoms with van der Waals surface area (Å²) in [6.45, 7) is 2.21. The Kier molecular flexibility index (Phi) is 5.31. The number of ether oxygens (including phenoxy) is 1. The van der Waals surface area contributed by atoms with E-state index in [0.29, 0.717) is 18.9 Å². The number of anilines is 2. The molecule has 0 saturated carbocycles. The average Bonchev–Trinajstić information content (AvgIpc) is 3.13. The second-order valence-corrected chi connectivity index (χ2v) is 7.76. The first-order chi connectivity index (χ1) is 12.8. The van der Waals surface area contributed by atoms with E-state index in [0.717, 1.165) is 4.90 Å². The molecule has 2 heterocycles. The van der Waals surface area contributed by atoms with Gasteiger partial charge in [0.1, 0.15) is 0 Å². The van der Waals surface area contributed by atoms with Crippen molar-refractivity contribution in [3.63, 3.8) is 0 Å². The summed E-state index contributed by atoms with van der Waals surface area (Å²) in [6.07, 6.45) is 0. The molecule has 1 aromatic heterocycles. The van der Waals surface area contributed by atoms with Crippen LogP contribution in [0.2, 0.25) is 0 Å². The number of carbonyl (C=O) groups excluding carboxylic acids is 2. The first-order valence-corrected chi connectivity index (χ1v) is 9.63. The zero-order chi connectivity index (χ0) is 19.6. The van der Waals surface area contributed by atoms with Gasteiger partial charge in [-0.2, -0.15) is 4.31 Å². The molecule has 2 amide bonds. The van der Waals surface area contributed by atoms with Crippen LogP contribution in [0.15, 0.2) is 45.9 Å². The topological polar surface area (TPSA) is 123 Å². The van der Waals surface area contributed by atoms with Gasteiger partial charge in [0.15, 0.2) is 5.76 Å². The molecule has 1 aliphatic rings. The number of nitrogens with two attached hydrogens (primary N) is 1. The summed E-state index contributed by atoms with van der Waals surface area (Å²) in [5, 5.41) is -0.358. The number of nitrogens with zero attached hydrogens (tertiary/aromatic N) is 2. The average molecular weight is 393 g/mol. The van der Waals surface area contributed by atoms with Crippen molar-refractivity contribution in [3.8, 4) is 0 Å². The minimum absolute atomic E-state index is 0.204. The number of sulfonamides is 1. The van der Waals surface area contributed by atoms with Crippen LogP contribution in [-0.2, 0) is 19.6 Å². The lowest BCUT2D eigenvalue weighted by Crippen LogP contribution is -2.40. The Hall–Kier alpha value is -2.69. The Labute approximate surface area is 156 Å². The van der Waals surface area contributed by atoms with E-state index in [4.69, 9.17) is 14.9 Å². The normalized spacial score (nSPS) is 15.4. The van der Waals surface area contributed by atoms with Crippen molar-refractivity contribution in [2.75, 3.05) is 36.9 Å². The van der Waals surface area contributed by atoms with Crippen LogP contribution in [0.4, 0.5) is 11.4 Å². The van der Waals surface area contributed by atoms with E-state index in [1.54, 1.807) is 18.2 Å². The summed E-state index contributed by atoms with van der Waals surface area (Å²) < 4.78 is 36.9. The first-order valence-electron chi connectivity index (χ1n) is 8.19. The number of furan rings is 1. The minimum atomic E-state index is -3.88. The van der Waals surface area contributed by atoms with E-state index in [1.807, 2.05) is 0 Å². The standard InChI is InChI=1S/C17H19N3O6S/c1-12(21)20(14-4-2-3-13(18)11-14)17(22)15-5-6-16(26-15)27(23,24)19-7-9-25-10-8-19/h2-6,11H,7-10,18H2,1H3. The zero-order valence-electron chi connectivity index (χ0n) is 14.6. The first kappa shape index (κ1) is 19.1. The van der Waals surface area contributed by atoms with Crippen LogP contribution < -0.4 is 10.6 Å². The van der Waals surface area contributed by atoms with Crippen molar-refractivity contribution in [2.24, 2.45) is 0 Å². The Morgan fingerprint density at radius 1 is 1.15 bits per heavy atom. The number of morpholine rings is 1. The third-order valence-corrected chi connectivity index (χ3v) is 5.78. The summed E-state index contributed by atoms with van der Waals surface area (Å²) >= 11 is 0. The lowest BCUT2D eigenvalue weighted by atomic mass is 10.2. The predicted molar refractivity (Wildman–Crippen MR) is 96.6 cm³/mol. The SMILES string of the molecule is CC(=O)N(C(=O)c1ccc(S(=O)(=O)N2CCOCC2)o1)c1cccc(N)c1. The van der Waals surface area contributed by atoms with Gasteiger partial charge in [-0.05, 0) is 30.3 Å². The highest BCUT2D eigenvalue weighted by Gasteiger charge is 2.31. The van der Waals surface area contributed by atoms with E-state index in [1.165, 1.54) is 29.4 Å². The molecule has 0 bridgehead atoms. The van der Waals surface area contributed by atoms with E-state index in [9.17, 15) is 18.0 Å². The third kappa shape index (κ3) is 3.87. The number of imide groups is 1. The molecule has 144 valence electrons. The van der Waals surface area contributed by atoms with Gasteiger partial charge in [0.2, 0.25) is 11.0 Å². The molecule has 27 heavy (non-hydrogen) atoms. The van der Waals surface area contributed by atoms with Crippen molar-refractivity contribution in [1.82, 2.24) is 4.31 Å². The number of nitrogen functional groups attached to an aromatic ring is 1. The minimum Gasteiger partial charge on any atom is -0.438 e. The number of amides is 2. The molecule has 10 heteroatoms. The van der Waals surface area contributed by atoms with Gasteiger partial charge in [-0.1, -0.05) is 6.07 Å². The fourth-order valence-corrected chi connectivity index (χ4v) is 4.02. The van der Waals surface area contributed by atoms with Gasteiger partial charge in [-0.25, -0.2) is 13.3 Å². The number of carbonyl (C=O) groups is 2. The molecule has 0 radical (unpaired) electrons. The molecule has 1 aromatic carbocycles. The second-order valence-electron chi connectivity index (χ2n) is 5.89. The summed E-state index contributed by atoms with van der Waals surface area (Å²) in [5.74, 6) is -1.60. The van der Waals surface area contributed by atoms with Crippen molar-refractivity contribution < 1.29 is 27.2 Å². The summed E-state index contributed by atoms with van der Waals surface area (Å²) in [4.78, 5) is 25.6. The second kappa shape index (κ2) is 7.51. The molecule has 2 aromatic rings. The maximum atomic E-state index is 12.8. The van der Waals surface area contributed by atoms with E-state index in [-0.39, 0.29) is 29.6 Å². The number of benzene rings is 1. The van der Waals surface area contributed by atoms with Gasteiger partial charge < -0.3 is 14.9 Å². The van der Waals surface area contributed by atoms with Gasteiger partial charge in [0.05, 0.1) is 18.9 Å². The molecule has 3 rings (SSSR count). The molecule has 0 atom stereocenters. The lowest BCUT2D eigenvalue weighted by Gasteiger charge is -2.24. The van der Waals surface area contributed by atoms with E-state index in [2.05, 4.69) is 0 Å². The molecular weight excluding hydrogens is 374 g/mol. The van der Waals surface area contributed by atoms with Crippen LogP contribution in [-0.4, -0.2) is 50.8 Å². The Morgan fingerprint density at radius 3 is 2.48 bits per heavy atom. The Morgan fingerprint density at radius 2 is 1.85 bits per heavy atom. The third-order valence-electron chi connectivity index (χ3n) is 4.00. The van der Waals surface area contributed by atoms with Crippen LogP contribution in [0.1, 0.15) is 17.5 Å². The molecular formula is C17H19N3O6S. The van der Waals surface area contributed by atoms with Crippen LogP contribution in [0.25, 0.3) is 0 Å². The van der Waals surface area contributed by atoms with E-state index < -0.39 is 21.8 Å². The van der Waals surface area contributed by atoms with E-state index >= 15 is 0 Å². The van der Waals surface area contributed by atoms with Gasteiger partial charge in [0.25, 0.3) is 10.0 Å². The summed E-state index contributed by atoms with van der Waals surface area (Å²) in [5.41, 5.74) is 6.35. The monoisotopic (exact) mass is 393 g/mol. The van der Waals surface area contributed by atoms with Crippen molar-refractivity contribution in [3.05, 3.63) is 42.2 Å². The van der Waals surface area contributed by atoms with Crippen molar-refractivity contribution in [2.45, 2.75) is 12.0 Å². The van der Waals surface area contributed by atoms with Crippen LogP contribution >= 0.6 is 0 Å². The maximum Gasteiger partial charge on any atom is 0.300 e. The molecule has 1 fully saturated rings. The zero-order valence-corrected chi connectivity index (χ0v) is 15.4. The molecule has 0 aliphatic carbocycles. The predicted octanol–water partition coefficient (Wildman–Crippen LogP) is 1.08. The lowest BCUT2D eigenvalue weighted by molar-refractivity contribution is -0.116. The fourth-order valence-electron chi connectivity index (χ4n) is 2.70. The molecule has 9 nitrogen and oxygen atoms in total. The maximum absolute atomic E-state index is 12.8. The number of hydrogen-bond acceptors (Lipinski definition) is 7. The number of hydrogen-bond donors (Lipinski definition) is 1. The molecule has 0 unspecified atom stereocenters. The van der Waals surface area contributed by atoms with Crippen LogP contribution in [0, 0.1) is 0 Å². The van der Waals surface area contributed by atoms with Gasteiger partial charge in [-0.3, -0.25) is 9.59 Å². The molecule has 2 N–H and O–H groups in total. The van der Waals surface area contributed by atoms with Crippen molar-refractivity contribution >= 4 is 33.2 Å². The largest absolute Gasteiger partial charge is 0.438 e. The summed E-state index contributed by atoms with van der Waals surface area (Å²) in [6, 6.07) is 8.67. The number of rotatable bonds is 4. The highest BCUT2D eigenvalue weighted by molar-refractivity contribution is 7.89. The Bertz CT molecular complexity index is 963. The van der Waals surface area contributed by atoms with Gasteiger partial charge in [-0.15, -0.1) is 0 Å². The molecule has 0 spiro atoms. The highest BCUT2D eigenvalue weighted by atomic mass is 32.2. The van der Waals surface area contributed by atoms with Crippen LogP contribution in [0.3, 0.4) is 0 Å². The molecule has 1 aliphatic heterocycles. The summed E-state index contributed by atoms with van der Waals surface area (Å²) in [7, 11) is -3.88. The smallest absolute Gasteiger partial charge is 0.300 e. The van der Waals surface area contributed by atoms with Crippen molar-refractivity contribution in [1.29, 1.82) is 0 Å². The van der Waals surface area contributed by atoms with Crippen LogP contribution in [0.5, 0.6) is 0 Å².